The van der Waals surface area contributed by atoms with Crippen LogP contribution in [0.3, 0.4) is 0 Å². The molecule has 1 amide bonds. The van der Waals surface area contributed by atoms with E-state index in [1.165, 1.54) is 11.1 Å². The Morgan fingerprint density at radius 3 is 2.72 bits per heavy atom. The second-order valence-corrected chi connectivity index (χ2v) is 6.98. The van der Waals surface area contributed by atoms with Crippen molar-refractivity contribution in [3.63, 3.8) is 0 Å². The van der Waals surface area contributed by atoms with Crippen molar-refractivity contribution in [3.05, 3.63) is 65.9 Å². The van der Waals surface area contributed by atoms with E-state index in [1.807, 2.05) is 16.8 Å². The fourth-order valence-electron chi connectivity index (χ4n) is 4.06. The van der Waals surface area contributed by atoms with Crippen molar-refractivity contribution in [2.75, 3.05) is 0 Å². The van der Waals surface area contributed by atoms with Gasteiger partial charge in [0.1, 0.15) is 0 Å². The maximum atomic E-state index is 13.5. The van der Waals surface area contributed by atoms with Gasteiger partial charge in [-0.3, -0.25) is 4.79 Å². The number of imidazole rings is 1. The lowest BCUT2D eigenvalue weighted by atomic mass is 9.86. The summed E-state index contributed by atoms with van der Waals surface area (Å²) in [6.07, 6.45) is 12.5. The molecule has 0 saturated heterocycles. The maximum Gasteiger partial charge on any atom is 0.277 e. The first kappa shape index (κ1) is 14.6. The quantitative estimate of drug-likeness (QED) is 0.738. The van der Waals surface area contributed by atoms with E-state index in [-0.39, 0.29) is 11.9 Å². The smallest absolute Gasteiger partial charge is 0.277 e. The lowest BCUT2D eigenvalue weighted by molar-refractivity contribution is 0.0633. The van der Waals surface area contributed by atoms with Crippen LogP contribution in [0.15, 0.2) is 49.1 Å². The molecule has 2 heterocycles. The van der Waals surface area contributed by atoms with Crippen molar-refractivity contribution < 1.29 is 4.79 Å². The molecule has 25 heavy (non-hydrogen) atoms. The lowest BCUT2D eigenvalue weighted by Gasteiger charge is -2.36. The Hall–Kier alpha value is -2.69. The molecule has 1 unspecified atom stereocenters. The molecule has 1 atom stereocenters. The molecule has 3 aromatic rings. The highest BCUT2D eigenvalue weighted by Crippen LogP contribution is 2.41. The molecule has 5 nitrogen and oxygen atoms in total. The van der Waals surface area contributed by atoms with Gasteiger partial charge in [-0.2, -0.15) is 0 Å². The van der Waals surface area contributed by atoms with Crippen molar-refractivity contribution in [2.24, 2.45) is 0 Å². The van der Waals surface area contributed by atoms with E-state index >= 15 is 0 Å². The zero-order valence-corrected chi connectivity index (χ0v) is 14.0. The zero-order chi connectivity index (χ0) is 16.8. The Morgan fingerprint density at radius 2 is 1.88 bits per heavy atom. The van der Waals surface area contributed by atoms with Gasteiger partial charge in [0, 0.05) is 30.8 Å². The molecule has 5 rings (SSSR count). The fraction of sp³-hybridized carbons (Fsp3) is 0.350. The number of benzene rings is 1. The van der Waals surface area contributed by atoms with Gasteiger partial charge < -0.3 is 9.30 Å². The molecule has 0 radical (unpaired) electrons. The van der Waals surface area contributed by atoms with Crippen LogP contribution in [0.5, 0.6) is 0 Å². The molecule has 0 bridgehead atoms. The largest absolute Gasteiger partial charge is 0.327 e. The predicted molar refractivity (Wildman–Crippen MR) is 94.3 cm³/mol. The first-order valence-electron chi connectivity index (χ1n) is 9.01. The Bertz CT molecular complexity index is 944. The van der Waals surface area contributed by atoms with Crippen LogP contribution in [0.25, 0.3) is 5.65 Å². The minimum absolute atomic E-state index is 0.0148. The second-order valence-electron chi connectivity index (χ2n) is 6.98. The van der Waals surface area contributed by atoms with E-state index in [0.717, 1.165) is 32.1 Å². The van der Waals surface area contributed by atoms with Crippen LogP contribution in [0, 0.1) is 0 Å². The molecule has 5 heteroatoms. The van der Waals surface area contributed by atoms with Crippen molar-refractivity contribution in [3.8, 4) is 0 Å². The molecule has 2 aliphatic carbocycles. The Balaban J connectivity index is 1.58. The Morgan fingerprint density at radius 1 is 1.08 bits per heavy atom. The first-order chi connectivity index (χ1) is 12.3. The van der Waals surface area contributed by atoms with E-state index in [4.69, 9.17) is 0 Å². The molecule has 1 aromatic carbocycles. The van der Waals surface area contributed by atoms with Crippen LogP contribution in [-0.4, -0.2) is 31.2 Å². The van der Waals surface area contributed by atoms with E-state index in [1.54, 1.807) is 12.4 Å². The predicted octanol–water partition coefficient (Wildman–Crippen LogP) is 3.41. The SMILES string of the molecule is O=C(c1nccn2ccnc12)N(C1CC1)C1CCCc2ccccc21. The second kappa shape index (κ2) is 5.69. The van der Waals surface area contributed by atoms with E-state index in [2.05, 4.69) is 39.1 Å². The number of rotatable bonds is 3. The van der Waals surface area contributed by atoms with Gasteiger partial charge in [-0.1, -0.05) is 24.3 Å². The Labute approximate surface area is 146 Å². The third kappa shape index (κ3) is 2.42. The molecular formula is C20H20N4O. The van der Waals surface area contributed by atoms with Crippen molar-refractivity contribution in [1.29, 1.82) is 0 Å². The summed E-state index contributed by atoms with van der Waals surface area (Å²) in [6, 6.07) is 9.05. The van der Waals surface area contributed by atoms with Gasteiger partial charge in [-0.05, 0) is 43.2 Å². The van der Waals surface area contributed by atoms with Crippen LogP contribution in [0.4, 0.5) is 0 Å². The average Bonchev–Trinajstić information content (AvgIpc) is 3.36. The molecule has 0 aliphatic heterocycles. The van der Waals surface area contributed by atoms with Crippen molar-refractivity contribution >= 4 is 11.6 Å². The summed E-state index contributed by atoms with van der Waals surface area (Å²) in [5.41, 5.74) is 3.79. The maximum absolute atomic E-state index is 13.5. The third-order valence-corrected chi connectivity index (χ3v) is 5.36. The number of aromatic nitrogens is 3. The van der Waals surface area contributed by atoms with Gasteiger partial charge in [-0.25, -0.2) is 9.97 Å². The van der Waals surface area contributed by atoms with Crippen molar-refractivity contribution in [1.82, 2.24) is 19.3 Å². The molecule has 0 N–H and O–H groups in total. The highest BCUT2D eigenvalue weighted by Gasteiger charge is 2.40. The normalized spacial score (nSPS) is 19.6. The number of hydrogen-bond donors (Lipinski definition) is 0. The van der Waals surface area contributed by atoms with Crippen LogP contribution < -0.4 is 0 Å². The summed E-state index contributed by atoms with van der Waals surface area (Å²) >= 11 is 0. The standard InChI is InChI=1S/C20H20N4O/c25-20(18-19-22-11-13-23(19)12-10-21-18)24(15-8-9-15)17-7-3-5-14-4-1-2-6-16(14)17/h1-2,4,6,10-13,15,17H,3,5,7-9H2. The summed E-state index contributed by atoms with van der Waals surface area (Å²) < 4.78 is 1.86. The minimum Gasteiger partial charge on any atom is -0.327 e. The fourth-order valence-corrected chi connectivity index (χ4v) is 4.06. The van der Waals surface area contributed by atoms with Gasteiger partial charge in [0.2, 0.25) is 0 Å². The van der Waals surface area contributed by atoms with Crippen LogP contribution >= 0.6 is 0 Å². The highest BCUT2D eigenvalue weighted by molar-refractivity contribution is 5.98. The van der Waals surface area contributed by atoms with Crippen LogP contribution in [0.1, 0.15) is 53.3 Å². The summed E-state index contributed by atoms with van der Waals surface area (Å²) in [4.78, 5) is 24.3. The van der Waals surface area contributed by atoms with Gasteiger partial charge in [0.25, 0.3) is 5.91 Å². The number of amides is 1. The monoisotopic (exact) mass is 332 g/mol. The zero-order valence-electron chi connectivity index (χ0n) is 14.0. The summed E-state index contributed by atoms with van der Waals surface area (Å²) in [5.74, 6) is 0.0148. The molecule has 126 valence electrons. The summed E-state index contributed by atoms with van der Waals surface area (Å²) in [6.45, 7) is 0. The van der Waals surface area contributed by atoms with Gasteiger partial charge in [0.05, 0.1) is 6.04 Å². The molecule has 2 aliphatic rings. The molecule has 2 aromatic heterocycles. The highest BCUT2D eigenvalue weighted by atomic mass is 16.2. The van der Waals surface area contributed by atoms with E-state index < -0.39 is 0 Å². The number of carbonyl (C=O) groups excluding carboxylic acids is 1. The number of fused-ring (bicyclic) bond motifs is 2. The van der Waals surface area contributed by atoms with Crippen LogP contribution in [-0.2, 0) is 6.42 Å². The van der Waals surface area contributed by atoms with Crippen molar-refractivity contribution in [2.45, 2.75) is 44.2 Å². The van der Waals surface area contributed by atoms with Crippen LogP contribution in [0.2, 0.25) is 0 Å². The average molecular weight is 332 g/mol. The number of nitrogens with zero attached hydrogens (tertiary/aromatic N) is 4. The molecule has 1 saturated carbocycles. The summed E-state index contributed by atoms with van der Waals surface area (Å²) in [5, 5.41) is 0. The number of carbonyl (C=O) groups is 1. The van der Waals surface area contributed by atoms with E-state index in [9.17, 15) is 4.79 Å². The number of hydrogen-bond acceptors (Lipinski definition) is 3. The first-order valence-corrected chi connectivity index (χ1v) is 9.01. The lowest BCUT2D eigenvalue weighted by Crippen LogP contribution is -2.39. The molecule has 1 fully saturated rings. The molecule has 0 spiro atoms. The van der Waals surface area contributed by atoms with Gasteiger partial charge in [0.15, 0.2) is 11.3 Å². The number of aryl methyl sites for hydroxylation is 1. The topological polar surface area (TPSA) is 50.5 Å². The van der Waals surface area contributed by atoms with Gasteiger partial charge >= 0.3 is 0 Å². The summed E-state index contributed by atoms with van der Waals surface area (Å²) in [7, 11) is 0. The third-order valence-electron chi connectivity index (χ3n) is 5.36. The molecular weight excluding hydrogens is 312 g/mol. The minimum atomic E-state index is 0.0148. The Kier molecular flexibility index (Phi) is 3.33. The van der Waals surface area contributed by atoms with E-state index in [0.29, 0.717) is 17.4 Å². The van der Waals surface area contributed by atoms with Gasteiger partial charge in [-0.15, -0.1) is 0 Å².